The largest absolute Gasteiger partial charge is 0.478 e. The summed E-state index contributed by atoms with van der Waals surface area (Å²) >= 11 is 0. The minimum Gasteiger partial charge on any atom is -0.478 e. The van der Waals surface area contributed by atoms with Crippen molar-refractivity contribution in [2.45, 2.75) is 32.4 Å². The van der Waals surface area contributed by atoms with Gasteiger partial charge >= 0.3 is 5.97 Å². The standard InChI is InChI=1S/C18H21NO2/c1-13(16-8-4-3-5-9-16)14(2)19-12-15-7-6-10-17(11-15)18(20)21/h3-11,13-14,19H,12H2,1-2H3,(H,20,21). The van der Waals surface area contributed by atoms with Crippen LogP contribution < -0.4 is 5.32 Å². The van der Waals surface area contributed by atoms with Crippen LogP contribution in [0, 0.1) is 0 Å². The fourth-order valence-electron chi connectivity index (χ4n) is 2.32. The van der Waals surface area contributed by atoms with Gasteiger partial charge in [-0.05, 0) is 36.1 Å². The normalized spacial score (nSPS) is 13.6. The SMILES string of the molecule is CC(NCc1cccc(C(=O)O)c1)C(C)c1ccccc1. The molecule has 0 fully saturated rings. The van der Waals surface area contributed by atoms with Crippen LogP contribution in [0.4, 0.5) is 0 Å². The summed E-state index contributed by atoms with van der Waals surface area (Å²) in [5.41, 5.74) is 2.62. The average Bonchev–Trinajstić information content (AvgIpc) is 2.53. The summed E-state index contributed by atoms with van der Waals surface area (Å²) in [5, 5.41) is 12.5. The number of carboxylic acid groups (broad SMARTS) is 1. The van der Waals surface area contributed by atoms with Crippen LogP contribution in [0.3, 0.4) is 0 Å². The summed E-state index contributed by atoms with van der Waals surface area (Å²) in [6.07, 6.45) is 0. The molecule has 110 valence electrons. The number of rotatable bonds is 6. The number of hydrogen-bond donors (Lipinski definition) is 2. The maximum absolute atomic E-state index is 11.0. The molecular formula is C18H21NO2. The number of nitrogens with one attached hydrogen (secondary N) is 1. The molecule has 0 saturated carbocycles. The summed E-state index contributed by atoms with van der Waals surface area (Å²) in [4.78, 5) is 11.0. The topological polar surface area (TPSA) is 49.3 Å². The third-order valence-corrected chi connectivity index (χ3v) is 3.88. The third kappa shape index (κ3) is 4.17. The van der Waals surface area contributed by atoms with Crippen molar-refractivity contribution in [3.63, 3.8) is 0 Å². The van der Waals surface area contributed by atoms with Gasteiger partial charge in [-0.3, -0.25) is 0 Å². The number of carboxylic acids is 1. The van der Waals surface area contributed by atoms with Crippen LogP contribution in [0.1, 0.15) is 41.3 Å². The molecule has 2 aromatic carbocycles. The van der Waals surface area contributed by atoms with Gasteiger partial charge in [-0.25, -0.2) is 4.79 Å². The lowest BCUT2D eigenvalue weighted by atomic mass is 9.94. The highest BCUT2D eigenvalue weighted by Gasteiger charge is 2.13. The summed E-state index contributed by atoms with van der Waals surface area (Å²) in [6, 6.07) is 17.8. The van der Waals surface area contributed by atoms with Gasteiger partial charge in [-0.2, -0.15) is 0 Å². The zero-order valence-corrected chi connectivity index (χ0v) is 12.4. The minimum atomic E-state index is -0.887. The van der Waals surface area contributed by atoms with E-state index < -0.39 is 5.97 Å². The Labute approximate surface area is 125 Å². The van der Waals surface area contributed by atoms with Gasteiger partial charge in [-0.15, -0.1) is 0 Å². The Morgan fingerprint density at radius 1 is 1.10 bits per heavy atom. The van der Waals surface area contributed by atoms with Crippen molar-refractivity contribution >= 4 is 5.97 Å². The Hall–Kier alpha value is -2.13. The summed E-state index contributed by atoms with van der Waals surface area (Å²) in [7, 11) is 0. The molecule has 0 heterocycles. The van der Waals surface area contributed by atoms with Gasteiger partial charge in [0.15, 0.2) is 0 Å². The first kappa shape index (κ1) is 15.3. The summed E-state index contributed by atoms with van der Waals surface area (Å²) in [6.45, 7) is 5.01. The van der Waals surface area contributed by atoms with Crippen molar-refractivity contribution < 1.29 is 9.90 Å². The molecule has 0 amide bonds. The average molecular weight is 283 g/mol. The highest BCUT2D eigenvalue weighted by Crippen LogP contribution is 2.19. The first-order valence-corrected chi connectivity index (χ1v) is 7.18. The lowest BCUT2D eigenvalue weighted by Crippen LogP contribution is -2.30. The van der Waals surface area contributed by atoms with Gasteiger partial charge in [0.1, 0.15) is 0 Å². The van der Waals surface area contributed by atoms with Gasteiger partial charge in [0.25, 0.3) is 0 Å². The van der Waals surface area contributed by atoms with Crippen molar-refractivity contribution in [3.05, 3.63) is 71.3 Å². The Morgan fingerprint density at radius 2 is 1.81 bits per heavy atom. The zero-order valence-electron chi connectivity index (χ0n) is 12.4. The first-order valence-electron chi connectivity index (χ1n) is 7.18. The Morgan fingerprint density at radius 3 is 2.48 bits per heavy atom. The molecule has 0 aromatic heterocycles. The lowest BCUT2D eigenvalue weighted by molar-refractivity contribution is 0.0696. The van der Waals surface area contributed by atoms with Crippen LogP contribution in [-0.4, -0.2) is 17.1 Å². The Kier molecular flexibility index (Phi) is 5.12. The van der Waals surface area contributed by atoms with E-state index in [1.165, 1.54) is 5.56 Å². The molecule has 0 saturated heterocycles. The van der Waals surface area contributed by atoms with Crippen molar-refractivity contribution in [2.75, 3.05) is 0 Å². The van der Waals surface area contributed by atoms with E-state index in [1.54, 1.807) is 18.2 Å². The molecule has 2 unspecified atom stereocenters. The van der Waals surface area contributed by atoms with Gasteiger partial charge in [0.05, 0.1) is 5.56 Å². The zero-order chi connectivity index (χ0) is 15.2. The summed E-state index contributed by atoms with van der Waals surface area (Å²) in [5.74, 6) is -0.489. The molecule has 3 heteroatoms. The monoisotopic (exact) mass is 283 g/mol. The molecule has 0 spiro atoms. The van der Waals surface area contributed by atoms with E-state index in [2.05, 4.69) is 43.4 Å². The van der Waals surface area contributed by atoms with E-state index in [4.69, 9.17) is 5.11 Å². The van der Waals surface area contributed by atoms with Crippen LogP contribution in [0.2, 0.25) is 0 Å². The number of carbonyl (C=O) groups is 1. The van der Waals surface area contributed by atoms with Gasteiger partial charge < -0.3 is 10.4 Å². The molecule has 2 atom stereocenters. The second kappa shape index (κ2) is 7.04. The number of benzene rings is 2. The van der Waals surface area contributed by atoms with E-state index in [0.717, 1.165) is 5.56 Å². The van der Waals surface area contributed by atoms with E-state index in [0.29, 0.717) is 24.1 Å². The minimum absolute atomic E-state index is 0.306. The highest BCUT2D eigenvalue weighted by atomic mass is 16.4. The molecule has 0 aliphatic carbocycles. The highest BCUT2D eigenvalue weighted by molar-refractivity contribution is 5.87. The van der Waals surface area contributed by atoms with Crippen LogP contribution in [0.15, 0.2) is 54.6 Å². The molecule has 2 aromatic rings. The molecule has 2 N–H and O–H groups in total. The maximum atomic E-state index is 11.0. The number of hydrogen-bond acceptors (Lipinski definition) is 2. The molecule has 0 bridgehead atoms. The van der Waals surface area contributed by atoms with Crippen LogP contribution in [-0.2, 0) is 6.54 Å². The predicted octanol–water partition coefficient (Wildman–Crippen LogP) is 3.67. The molecule has 0 radical (unpaired) electrons. The quantitative estimate of drug-likeness (QED) is 0.850. The molecule has 0 aliphatic rings. The predicted molar refractivity (Wildman–Crippen MR) is 84.6 cm³/mol. The second-order valence-electron chi connectivity index (χ2n) is 5.37. The molecular weight excluding hydrogens is 262 g/mol. The lowest BCUT2D eigenvalue weighted by Gasteiger charge is -2.22. The third-order valence-electron chi connectivity index (χ3n) is 3.88. The van der Waals surface area contributed by atoms with E-state index in [-0.39, 0.29) is 0 Å². The van der Waals surface area contributed by atoms with Gasteiger partial charge in [0.2, 0.25) is 0 Å². The van der Waals surface area contributed by atoms with E-state index in [9.17, 15) is 4.79 Å². The summed E-state index contributed by atoms with van der Waals surface area (Å²) < 4.78 is 0. The fourth-order valence-corrected chi connectivity index (χ4v) is 2.32. The van der Waals surface area contributed by atoms with Gasteiger partial charge in [0, 0.05) is 12.6 Å². The molecule has 2 rings (SSSR count). The fraction of sp³-hybridized carbons (Fsp3) is 0.278. The molecule has 3 nitrogen and oxygen atoms in total. The van der Waals surface area contributed by atoms with Crippen molar-refractivity contribution in [2.24, 2.45) is 0 Å². The molecule has 0 aliphatic heterocycles. The van der Waals surface area contributed by atoms with E-state index >= 15 is 0 Å². The van der Waals surface area contributed by atoms with Crippen molar-refractivity contribution in [3.8, 4) is 0 Å². The van der Waals surface area contributed by atoms with Crippen molar-refractivity contribution in [1.82, 2.24) is 5.32 Å². The Balaban J connectivity index is 1.96. The smallest absolute Gasteiger partial charge is 0.335 e. The maximum Gasteiger partial charge on any atom is 0.335 e. The number of aromatic carboxylic acids is 1. The van der Waals surface area contributed by atoms with Crippen LogP contribution in [0.5, 0.6) is 0 Å². The second-order valence-corrected chi connectivity index (χ2v) is 5.37. The first-order chi connectivity index (χ1) is 10.1. The van der Waals surface area contributed by atoms with Gasteiger partial charge in [-0.1, -0.05) is 49.4 Å². The van der Waals surface area contributed by atoms with Crippen LogP contribution >= 0.6 is 0 Å². The molecule has 21 heavy (non-hydrogen) atoms. The van der Waals surface area contributed by atoms with Crippen LogP contribution in [0.25, 0.3) is 0 Å². The van der Waals surface area contributed by atoms with Crippen molar-refractivity contribution in [1.29, 1.82) is 0 Å². The van der Waals surface area contributed by atoms with E-state index in [1.807, 2.05) is 12.1 Å². The Bertz CT molecular complexity index is 595.